The summed E-state index contributed by atoms with van der Waals surface area (Å²) in [6.07, 6.45) is 11.0. The first-order valence-electron chi connectivity index (χ1n) is 5.05. The van der Waals surface area contributed by atoms with Crippen LogP contribution in [0.4, 0.5) is 0 Å². The molecule has 3 heteroatoms. The van der Waals surface area contributed by atoms with Gasteiger partial charge in [-0.2, -0.15) is 0 Å². The number of nitrogens with one attached hydrogen (secondary N) is 1. The van der Waals surface area contributed by atoms with E-state index >= 15 is 0 Å². The van der Waals surface area contributed by atoms with Crippen LogP contribution in [0.1, 0.15) is 31.7 Å². The first-order valence-corrected chi connectivity index (χ1v) is 5.05. The Kier molecular flexibility index (Phi) is 2.64. The molecule has 2 rings (SSSR count). The van der Waals surface area contributed by atoms with E-state index in [4.69, 9.17) is 0 Å². The summed E-state index contributed by atoms with van der Waals surface area (Å²) in [5.41, 5.74) is 0. The van der Waals surface area contributed by atoms with Crippen LogP contribution in [0.15, 0.2) is 18.7 Å². The van der Waals surface area contributed by atoms with Crippen molar-refractivity contribution in [1.29, 1.82) is 0 Å². The van der Waals surface area contributed by atoms with Crippen molar-refractivity contribution < 1.29 is 0 Å². The van der Waals surface area contributed by atoms with Gasteiger partial charge in [0.1, 0.15) is 0 Å². The topological polar surface area (TPSA) is 29.9 Å². The van der Waals surface area contributed by atoms with E-state index in [1.165, 1.54) is 25.7 Å². The Hall–Kier alpha value is -0.830. The summed E-state index contributed by atoms with van der Waals surface area (Å²) in [5.74, 6) is 0. The van der Waals surface area contributed by atoms with E-state index in [-0.39, 0.29) is 0 Å². The van der Waals surface area contributed by atoms with Crippen LogP contribution in [0.2, 0.25) is 0 Å². The molecule has 0 saturated heterocycles. The standard InChI is InChI=1S/C10H17N3/c1-11-9-2-4-10(5-3-9)13-7-6-12-8-13/h6-11H,2-5H2,1H3. The minimum absolute atomic E-state index is 0.687. The van der Waals surface area contributed by atoms with Gasteiger partial charge in [-0.15, -0.1) is 0 Å². The molecule has 1 aliphatic rings. The average Bonchev–Trinajstić information content (AvgIpc) is 2.71. The second-order valence-corrected chi connectivity index (χ2v) is 3.80. The molecule has 0 bridgehead atoms. The molecule has 0 radical (unpaired) electrons. The van der Waals surface area contributed by atoms with Crippen molar-refractivity contribution in [3.8, 4) is 0 Å². The lowest BCUT2D eigenvalue weighted by molar-refractivity contribution is 0.300. The van der Waals surface area contributed by atoms with Gasteiger partial charge in [-0.25, -0.2) is 4.98 Å². The molecular formula is C10H17N3. The SMILES string of the molecule is CNC1CCC(n2ccnc2)CC1. The molecule has 0 aliphatic heterocycles. The van der Waals surface area contributed by atoms with Gasteiger partial charge in [0.2, 0.25) is 0 Å². The Bertz CT molecular complexity index is 235. The minimum atomic E-state index is 0.687. The van der Waals surface area contributed by atoms with Crippen molar-refractivity contribution in [3.05, 3.63) is 18.7 Å². The predicted octanol–water partition coefficient (Wildman–Crippen LogP) is 1.59. The van der Waals surface area contributed by atoms with Gasteiger partial charge in [0.15, 0.2) is 0 Å². The molecule has 1 aromatic rings. The van der Waals surface area contributed by atoms with Gasteiger partial charge in [0.05, 0.1) is 6.33 Å². The molecular weight excluding hydrogens is 162 g/mol. The maximum absolute atomic E-state index is 4.08. The Balaban J connectivity index is 1.92. The molecule has 1 heterocycles. The highest BCUT2D eigenvalue weighted by Crippen LogP contribution is 2.27. The zero-order valence-electron chi connectivity index (χ0n) is 8.11. The van der Waals surface area contributed by atoms with E-state index in [0.717, 1.165) is 6.04 Å². The zero-order chi connectivity index (χ0) is 9.10. The molecule has 13 heavy (non-hydrogen) atoms. The van der Waals surface area contributed by atoms with Gasteiger partial charge in [-0.1, -0.05) is 0 Å². The molecule has 0 amide bonds. The minimum Gasteiger partial charge on any atom is -0.334 e. The Morgan fingerprint density at radius 1 is 1.31 bits per heavy atom. The van der Waals surface area contributed by atoms with Crippen molar-refractivity contribution >= 4 is 0 Å². The predicted molar refractivity (Wildman–Crippen MR) is 52.6 cm³/mol. The van der Waals surface area contributed by atoms with Crippen molar-refractivity contribution in [2.75, 3.05) is 7.05 Å². The molecule has 0 spiro atoms. The van der Waals surface area contributed by atoms with Crippen molar-refractivity contribution in [2.24, 2.45) is 0 Å². The molecule has 72 valence electrons. The molecule has 1 fully saturated rings. The fourth-order valence-corrected chi connectivity index (χ4v) is 2.15. The van der Waals surface area contributed by atoms with Crippen LogP contribution < -0.4 is 5.32 Å². The lowest BCUT2D eigenvalue weighted by Gasteiger charge is -2.28. The van der Waals surface area contributed by atoms with Gasteiger partial charge in [0.25, 0.3) is 0 Å². The molecule has 0 unspecified atom stereocenters. The molecule has 0 aromatic carbocycles. The van der Waals surface area contributed by atoms with Gasteiger partial charge < -0.3 is 9.88 Å². The number of hydrogen-bond donors (Lipinski definition) is 1. The molecule has 3 nitrogen and oxygen atoms in total. The first-order chi connectivity index (χ1) is 6.40. The largest absolute Gasteiger partial charge is 0.334 e. The quantitative estimate of drug-likeness (QED) is 0.747. The van der Waals surface area contributed by atoms with Crippen LogP contribution in [-0.4, -0.2) is 22.6 Å². The number of rotatable bonds is 2. The van der Waals surface area contributed by atoms with E-state index < -0.39 is 0 Å². The highest BCUT2D eigenvalue weighted by molar-refractivity contribution is 4.85. The molecule has 1 aliphatic carbocycles. The van der Waals surface area contributed by atoms with Crippen LogP contribution in [0.25, 0.3) is 0 Å². The lowest BCUT2D eigenvalue weighted by atomic mass is 9.91. The fraction of sp³-hybridized carbons (Fsp3) is 0.700. The molecule has 1 saturated carbocycles. The lowest BCUT2D eigenvalue weighted by Crippen LogP contribution is -2.30. The third kappa shape index (κ3) is 1.91. The van der Waals surface area contributed by atoms with E-state index in [1.807, 2.05) is 12.5 Å². The van der Waals surface area contributed by atoms with Gasteiger partial charge in [-0.3, -0.25) is 0 Å². The Labute approximate surface area is 79.2 Å². The summed E-state index contributed by atoms with van der Waals surface area (Å²) < 4.78 is 2.24. The molecule has 1 aromatic heterocycles. The first kappa shape index (κ1) is 8.75. The van der Waals surface area contributed by atoms with Crippen molar-refractivity contribution in [1.82, 2.24) is 14.9 Å². The summed E-state index contributed by atoms with van der Waals surface area (Å²) >= 11 is 0. The zero-order valence-corrected chi connectivity index (χ0v) is 8.11. The van der Waals surface area contributed by atoms with Crippen molar-refractivity contribution in [2.45, 2.75) is 37.8 Å². The third-order valence-electron chi connectivity index (χ3n) is 3.05. The number of hydrogen-bond acceptors (Lipinski definition) is 2. The van der Waals surface area contributed by atoms with Gasteiger partial charge in [-0.05, 0) is 32.7 Å². The van der Waals surface area contributed by atoms with Gasteiger partial charge >= 0.3 is 0 Å². The van der Waals surface area contributed by atoms with Crippen LogP contribution in [0.5, 0.6) is 0 Å². The highest BCUT2D eigenvalue weighted by atomic mass is 15.1. The summed E-state index contributed by atoms with van der Waals surface area (Å²) in [6.45, 7) is 0. The maximum atomic E-state index is 4.08. The monoisotopic (exact) mass is 179 g/mol. The highest BCUT2D eigenvalue weighted by Gasteiger charge is 2.20. The summed E-state index contributed by atoms with van der Waals surface area (Å²) in [4.78, 5) is 4.08. The molecule has 1 N–H and O–H groups in total. The van der Waals surface area contributed by atoms with Crippen molar-refractivity contribution in [3.63, 3.8) is 0 Å². The Morgan fingerprint density at radius 3 is 2.62 bits per heavy atom. The van der Waals surface area contributed by atoms with Crippen LogP contribution >= 0.6 is 0 Å². The van der Waals surface area contributed by atoms with E-state index in [0.29, 0.717) is 6.04 Å². The number of nitrogens with zero attached hydrogens (tertiary/aromatic N) is 2. The van der Waals surface area contributed by atoms with Crippen LogP contribution in [0.3, 0.4) is 0 Å². The van der Waals surface area contributed by atoms with E-state index in [9.17, 15) is 0 Å². The van der Waals surface area contributed by atoms with Gasteiger partial charge in [0, 0.05) is 24.5 Å². The second kappa shape index (κ2) is 3.92. The molecule has 0 atom stereocenters. The van der Waals surface area contributed by atoms with Crippen LogP contribution in [-0.2, 0) is 0 Å². The third-order valence-corrected chi connectivity index (χ3v) is 3.05. The fourth-order valence-electron chi connectivity index (χ4n) is 2.15. The number of aromatic nitrogens is 2. The van der Waals surface area contributed by atoms with Crippen LogP contribution in [0, 0.1) is 0 Å². The summed E-state index contributed by atoms with van der Waals surface area (Å²) in [5, 5.41) is 3.34. The maximum Gasteiger partial charge on any atom is 0.0948 e. The summed E-state index contributed by atoms with van der Waals surface area (Å²) in [6, 6.07) is 1.42. The Morgan fingerprint density at radius 2 is 2.08 bits per heavy atom. The summed E-state index contributed by atoms with van der Waals surface area (Å²) in [7, 11) is 2.06. The van der Waals surface area contributed by atoms with E-state index in [2.05, 4.69) is 28.1 Å². The van der Waals surface area contributed by atoms with E-state index in [1.54, 1.807) is 0 Å². The number of imidazole rings is 1. The smallest absolute Gasteiger partial charge is 0.0948 e. The average molecular weight is 179 g/mol. The normalized spacial score (nSPS) is 29.0. The second-order valence-electron chi connectivity index (χ2n) is 3.80.